The molecule has 1 aromatic heterocycles. The van der Waals surface area contributed by atoms with Crippen molar-refractivity contribution in [3.8, 4) is 5.75 Å². The zero-order chi connectivity index (χ0) is 19.1. The van der Waals surface area contributed by atoms with Crippen molar-refractivity contribution in [1.29, 1.82) is 0 Å². The number of aryl methyl sites for hydroxylation is 1. The normalized spacial score (nSPS) is 10.3. The summed E-state index contributed by atoms with van der Waals surface area (Å²) >= 11 is 0. The van der Waals surface area contributed by atoms with Crippen LogP contribution in [-0.2, 0) is 11.4 Å². The molecule has 0 saturated carbocycles. The highest BCUT2D eigenvalue weighted by atomic mass is 16.5. The minimum absolute atomic E-state index is 0.129. The van der Waals surface area contributed by atoms with Gasteiger partial charge in [0.05, 0.1) is 6.54 Å². The molecule has 0 saturated heterocycles. The number of carbonyl (C=O) groups is 2. The Bertz CT molecular complexity index is 901. The van der Waals surface area contributed by atoms with E-state index in [0.717, 1.165) is 5.56 Å². The molecular weight excluding hydrogens is 344 g/mol. The fourth-order valence-corrected chi connectivity index (χ4v) is 2.34. The zero-order valence-electron chi connectivity index (χ0n) is 14.9. The van der Waals surface area contributed by atoms with Crippen LogP contribution in [0.2, 0.25) is 0 Å². The Hall–Kier alpha value is -3.54. The van der Waals surface area contributed by atoms with Crippen LogP contribution < -0.4 is 15.4 Å². The predicted molar refractivity (Wildman–Crippen MR) is 102 cm³/mol. The first-order chi connectivity index (χ1) is 13.1. The summed E-state index contributed by atoms with van der Waals surface area (Å²) in [6.07, 6.45) is 0. The van der Waals surface area contributed by atoms with Crippen LogP contribution in [0.15, 0.2) is 71.1 Å². The Labute approximate surface area is 157 Å². The highest BCUT2D eigenvalue weighted by Crippen LogP contribution is 2.14. The Kier molecular flexibility index (Phi) is 5.89. The van der Waals surface area contributed by atoms with Crippen molar-refractivity contribution in [2.45, 2.75) is 13.5 Å². The highest BCUT2D eigenvalue weighted by Gasteiger charge is 2.13. The largest absolute Gasteiger partial charge is 0.486 e. The van der Waals surface area contributed by atoms with Gasteiger partial charge in [0.2, 0.25) is 5.91 Å². The number of ether oxygens (including phenoxy) is 1. The first kappa shape index (κ1) is 18.3. The van der Waals surface area contributed by atoms with Gasteiger partial charge in [-0.1, -0.05) is 35.9 Å². The summed E-state index contributed by atoms with van der Waals surface area (Å²) in [7, 11) is 0. The van der Waals surface area contributed by atoms with Gasteiger partial charge in [-0.2, -0.15) is 0 Å². The molecule has 2 aromatic carbocycles. The predicted octanol–water partition coefficient (Wildman–Crippen LogP) is 3.54. The molecule has 0 aliphatic heterocycles. The molecule has 0 radical (unpaired) electrons. The summed E-state index contributed by atoms with van der Waals surface area (Å²) in [6.45, 7) is 2.03. The third-order valence-electron chi connectivity index (χ3n) is 3.75. The molecule has 138 valence electrons. The molecule has 6 nitrogen and oxygen atoms in total. The van der Waals surface area contributed by atoms with E-state index in [1.54, 1.807) is 24.3 Å². The van der Waals surface area contributed by atoms with Crippen molar-refractivity contribution in [2.24, 2.45) is 0 Å². The quantitative estimate of drug-likeness (QED) is 0.672. The lowest BCUT2D eigenvalue weighted by Crippen LogP contribution is -2.32. The molecule has 1 heterocycles. The second-order valence-electron chi connectivity index (χ2n) is 5.96. The van der Waals surface area contributed by atoms with Gasteiger partial charge in [-0.25, -0.2) is 0 Å². The molecule has 2 N–H and O–H groups in total. The smallest absolute Gasteiger partial charge is 0.287 e. The average molecular weight is 364 g/mol. The molecule has 0 aliphatic carbocycles. The van der Waals surface area contributed by atoms with Crippen molar-refractivity contribution >= 4 is 17.5 Å². The number of anilines is 1. The molecule has 6 heteroatoms. The lowest BCUT2D eigenvalue weighted by atomic mass is 10.2. The van der Waals surface area contributed by atoms with Gasteiger partial charge >= 0.3 is 0 Å². The molecule has 27 heavy (non-hydrogen) atoms. The minimum atomic E-state index is -0.458. The maximum absolute atomic E-state index is 12.1. The summed E-state index contributed by atoms with van der Waals surface area (Å²) in [5.74, 6) is 0.594. The highest BCUT2D eigenvalue weighted by molar-refractivity contribution is 5.98. The summed E-state index contributed by atoms with van der Waals surface area (Å²) in [5, 5.41) is 5.25. The van der Waals surface area contributed by atoms with Crippen LogP contribution in [0, 0.1) is 6.92 Å². The van der Waals surface area contributed by atoms with Gasteiger partial charge in [0, 0.05) is 5.69 Å². The van der Waals surface area contributed by atoms with Crippen LogP contribution >= 0.6 is 0 Å². The molecule has 0 aliphatic rings. The van der Waals surface area contributed by atoms with Gasteiger partial charge in [-0.3, -0.25) is 9.59 Å². The molecule has 3 rings (SSSR count). The van der Waals surface area contributed by atoms with Crippen LogP contribution in [0.1, 0.15) is 21.9 Å². The molecule has 0 spiro atoms. The van der Waals surface area contributed by atoms with E-state index in [0.29, 0.717) is 17.2 Å². The molecule has 0 bridgehead atoms. The number of rotatable bonds is 7. The Morgan fingerprint density at radius 1 is 0.963 bits per heavy atom. The summed E-state index contributed by atoms with van der Waals surface area (Å²) in [6, 6.07) is 20.0. The SMILES string of the molecule is Cc1ccc(NC(=O)CNC(=O)c2ccc(COc3ccccc3)o2)cc1. The van der Waals surface area contributed by atoms with Gasteiger partial charge in [0.15, 0.2) is 5.76 Å². The third-order valence-corrected chi connectivity index (χ3v) is 3.75. The monoisotopic (exact) mass is 364 g/mol. The molecule has 0 fully saturated rings. The van der Waals surface area contributed by atoms with Gasteiger partial charge in [-0.05, 0) is 43.3 Å². The van der Waals surface area contributed by atoms with E-state index in [1.165, 1.54) is 0 Å². The van der Waals surface area contributed by atoms with E-state index in [9.17, 15) is 9.59 Å². The van der Waals surface area contributed by atoms with Crippen LogP contribution in [0.25, 0.3) is 0 Å². The number of hydrogen-bond acceptors (Lipinski definition) is 4. The maximum Gasteiger partial charge on any atom is 0.287 e. The van der Waals surface area contributed by atoms with E-state index in [1.807, 2.05) is 49.4 Å². The van der Waals surface area contributed by atoms with Crippen LogP contribution in [0.3, 0.4) is 0 Å². The van der Waals surface area contributed by atoms with Gasteiger partial charge in [0.25, 0.3) is 5.91 Å². The molecule has 3 aromatic rings. The summed E-state index contributed by atoms with van der Waals surface area (Å²) in [5.41, 5.74) is 1.78. The van der Waals surface area contributed by atoms with E-state index < -0.39 is 5.91 Å². The summed E-state index contributed by atoms with van der Waals surface area (Å²) < 4.78 is 11.0. The standard InChI is InChI=1S/C21H20N2O4/c1-15-7-9-16(10-8-15)23-20(24)13-22-21(25)19-12-11-18(27-19)14-26-17-5-3-2-4-6-17/h2-12H,13-14H2,1H3,(H,22,25)(H,23,24). The minimum Gasteiger partial charge on any atom is -0.486 e. The van der Waals surface area contributed by atoms with E-state index in [2.05, 4.69) is 10.6 Å². The second kappa shape index (κ2) is 8.71. The number of amides is 2. The number of hydrogen-bond donors (Lipinski definition) is 2. The summed E-state index contributed by atoms with van der Waals surface area (Å²) in [4.78, 5) is 24.0. The van der Waals surface area contributed by atoms with Crippen molar-refractivity contribution in [3.63, 3.8) is 0 Å². The first-order valence-electron chi connectivity index (χ1n) is 8.51. The lowest BCUT2D eigenvalue weighted by Gasteiger charge is -2.06. The third kappa shape index (κ3) is 5.47. The fourth-order valence-electron chi connectivity index (χ4n) is 2.34. The number of carbonyl (C=O) groups excluding carboxylic acids is 2. The van der Waals surface area contributed by atoms with E-state index >= 15 is 0 Å². The zero-order valence-corrected chi connectivity index (χ0v) is 14.9. The average Bonchev–Trinajstić information content (AvgIpc) is 3.16. The first-order valence-corrected chi connectivity index (χ1v) is 8.51. The Morgan fingerprint density at radius 3 is 2.44 bits per heavy atom. The maximum atomic E-state index is 12.1. The second-order valence-corrected chi connectivity index (χ2v) is 5.96. The molecule has 2 amide bonds. The van der Waals surface area contributed by atoms with Crippen LogP contribution in [0.5, 0.6) is 5.75 Å². The Balaban J connectivity index is 1.46. The number of benzene rings is 2. The van der Waals surface area contributed by atoms with E-state index in [-0.39, 0.29) is 24.8 Å². The molecular formula is C21H20N2O4. The Morgan fingerprint density at radius 2 is 1.70 bits per heavy atom. The topological polar surface area (TPSA) is 80.6 Å². The van der Waals surface area contributed by atoms with Crippen LogP contribution in [-0.4, -0.2) is 18.4 Å². The number of para-hydroxylation sites is 1. The van der Waals surface area contributed by atoms with Crippen LogP contribution in [0.4, 0.5) is 5.69 Å². The van der Waals surface area contributed by atoms with Gasteiger partial charge < -0.3 is 19.8 Å². The molecule has 0 unspecified atom stereocenters. The number of furan rings is 1. The fraction of sp³-hybridized carbons (Fsp3) is 0.143. The van der Waals surface area contributed by atoms with Crippen molar-refractivity contribution in [1.82, 2.24) is 5.32 Å². The molecule has 0 atom stereocenters. The van der Waals surface area contributed by atoms with Crippen molar-refractivity contribution in [2.75, 3.05) is 11.9 Å². The van der Waals surface area contributed by atoms with Crippen molar-refractivity contribution in [3.05, 3.63) is 83.8 Å². The van der Waals surface area contributed by atoms with Gasteiger partial charge in [-0.15, -0.1) is 0 Å². The van der Waals surface area contributed by atoms with E-state index in [4.69, 9.17) is 9.15 Å². The number of nitrogens with one attached hydrogen (secondary N) is 2. The van der Waals surface area contributed by atoms with Crippen molar-refractivity contribution < 1.29 is 18.7 Å². The lowest BCUT2D eigenvalue weighted by molar-refractivity contribution is -0.115. The van der Waals surface area contributed by atoms with Gasteiger partial charge in [0.1, 0.15) is 18.1 Å².